The molecular formula is C20H22FN5. The van der Waals surface area contributed by atoms with Crippen molar-refractivity contribution in [3.8, 4) is 11.5 Å². The zero-order chi connectivity index (χ0) is 17.8. The number of nitrogens with one attached hydrogen (secondary N) is 1. The molecule has 1 aliphatic heterocycles. The number of hydrogen-bond acceptors (Lipinski definition) is 4. The molecule has 134 valence electrons. The number of likely N-dealkylation sites (tertiary alicyclic amines) is 1. The molecule has 3 aromatic rings. The molecule has 0 amide bonds. The predicted octanol–water partition coefficient (Wildman–Crippen LogP) is 3.46. The molecule has 1 aromatic carbocycles. The lowest BCUT2D eigenvalue weighted by Gasteiger charge is -2.32. The van der Waals surface area contributed by atoms with E-state index in [-0.39, 0.29) is 5.82 Å². The van der Waals surface area contributed by atoms with Crippen LogP contribution in [0.5, 0.6) is 0 Å². The third-order valence-corrected chi connectivity index (χ3v) is 4.90. The zero-order valence-electron chi connectivity index (χ0n) is 14.6. The first kappa shape index (κ1) is 16.8. The molecule has 0 aliphatic carbocycles. The van der Waals surface area contributed by atoms with Gasteiger partial charge in [-0.1, -0.05) is 18.2 Å². The summed E-state index contributed by atoms with van der Waals surface area (Å²) in [6.07, 6.45) is 10.3. The van der Waals surface area contributed by atoms with Crippen LogP contribution in [0.25, 0.3) is 11.5 Å². The van der Waals surface area contributed by atoms with Gasteiger partial charge in [0, 0.05) is 37.2 Å². The van der Waals surface area contributed by atoms with E-state index in [2.05, 4.69) is 24.8 Å². The van der Waals surface area contributed by atoms with Crippen LogP contribution in [0, 0.1) is 11.7 Å². The van der Waals surface area contributed by atoms with Crippen LogP contribution in [-0.2, 0) is 13.0 Å². The van der Waals surface area contributed by atoms with Crippen LogP contribution in [0.4, 0.5) is 4.39 Å². The van der Waals surface area contributed by atoms with Gasteiger partial charge in [0.25, 0.3) is 0 Å². The lowest BCUT2D eigenvalue weighted by atomic mass is 9.93. The van der Waals surface area contributed by atoms with Gasteiger partial charge in [-0.15, -0.1) is 0 Å². The van der Waals surface area contributed by atoms with E-state index >= 15 is 0 Å². The van der Waals surface area contributed by atoms with Gasteiger partial charge in [0.1, 0.15) is 11.5 Å². The van der Waals surface area contributed by atoms with Gasteiger partial charge in [-0.05, 0) is 37.8 Å². The molecule has 3 heterocycles. The van der Waals surface area contributed by atoms with Gasteiger partial charge in [-0.2, -0.15) is 0 Å². The Bertz CT molecular complexity index is 832. The van der Waals surface area contributed by atoms with Crippen molar-refractivity contribution >= 4 is 0 Å². The monoisotopic (exact) mass is 351 g/mol. The minimum Gasteiger partial charge on any atom is -0.343 e. The molecule has 1 fully saturated rings. The van der Waals surface area contributed by atoms with E-state index < -0.39 is 0 Å². The fourth-order valence-corrected chi connectivity index (χ4v) is 3.61. The number of aromatic amines is 1. The Hall–Kier alpha value is -2.60. The summed E-state index contributed by atoms with van der Waals surface area (Å²) in [5.41, 5.74) is 2.53. The van der Waals surface area contributed by atoms with E-state index in [0.717, 1.165) is 48.7 Å². The fourth-order valence-electron chi connectivity index (χ4n) is 3.61. The lowest BCUT2D eigenvalue weighted by molar-refractivity contribution is 0.164. The highest BCUT2D eigenvalue weighted by atomic mass is 19.1. The molecule has 0 spiro atoms. The summed E-state index contributed by atoms with van der Waals surface area (Å²) in [6.45, 7) is 2.66. The summed E-state index contributed by atoms with van der Waals surface area (Å²) in [5, 5.41) is 0. The normalized spacial score (nSPS) is 18.1. The highest BCUT2D eigenvalue weighted by Crippen LogP contribution is 2.22. The summed E-state index contributed by atoms with van der Waals surface area (Å²) in [7, 11) is 0. The summed E-state index contributed by atoms with van der Waals surface area (Å²) in [4.78, 5) is 18.6. The average Bonchev–Trinajstić information content (AvgIpc) is 3.19. The molecule has 5 nitrogen and oxygen atoms in total. The summed E-state index contributed by atoms with van der Waals surface area (Å²) < 4.78 is 13.9. The van der Waals surface area contributed by atoms with E-state index in [1.165, 1.54) is 12.5 Å². The maximum atomic E-state index is 13.9. The Kier molecular flexibility index (Phi) is 5.02. The second kappa shape index (κ2) is 7.74. The Morgan fingerprint density at radius 3 is 2.85 bits per heavy atom. The summed E-state index contributed by atoms with van der Waals surface area (Å²) in [5.74, 6) is 1.14. The maximum Gasteiger partial charge on any atom is 0.157 e. The van der Waals surface area contributed by atoms with Crippen molar-refractivity contribution in [2.75, 3.05) is 13.1 Å². The van der Waals surface area contributed by atoms with Crippen LogP contribution in [0.2, 0.25) is 0 Å². The number of halogens is 1. The largest absolute Gasteiger partial charge is 0.343 e. The molecule has 1 saturated heterocycles. The molecule has 0 saturated carbocycles. The standard InChI is InChI=1S/C20H22FN5/c21-18-6-2-1-5-16(18)14-26-9-3-4-15(13-26)10-17-11-25-19(12-24-17)20-22-7-8-23-20/h1-2,5-8,11-12,15H,3-4,9-10,13-14H2,(H,22,23). The molecule has 6 heteroatoms. The second-order valence-electron chi connectivity index (χ2n) is 6.87. The van der Waals surface area contributed by atoms with E-state index in [1.54, 1.807) is 24.7 Å². The fraction of sp³-hybridized carbons (Fsp3) is 0.350. The quantitative estimate of drug-likeness (QED) is 0.765. The van der Waals surface area contributed by atoms with Crippen LogP contribution < -0.4 is 0 Å². The van der Waals surface area contributed by atoms with Crippen molar-refractivity contribution in [3.05, 3.63) is 66.1 Å². The highest BCUT2D eigenvalue weighted by molar-refractivity contribution is 5.46. The Balaban J connectivity index is 1.37. The first-order chi connectivity index (χ1) is 12.8. The molecule has 26 heavy (non-hydrogen) atoms. The molecule has 1 aliphatic rings. The van der Waals surface area contributed by atoms with Crippen LogP contribution in [-0.4, -0.2) is 37.9 Å². The molecule has 2 aromatic heterocycles. The van der Waals surface area contributed by atoms with E-state index in [4.69, 9.17) is 0 Å². The number of H-pyrrole nitrogens is 1. The number of hydrogen-bond donors (Lipinski definition) is 1. The minimum absolute atomic E-state index is 0.117. The van der Waals surface area contributed by atoms with Crippen LogP contribution >= 0.6 is 0 Å². The maximum absolute atomic E-state index is 13.9. The average molecular weight is 351 g/mol. The lowest BCUT2D eigenvalue weighted by Crippen LogP contribution is -2.36. The Morgan fingerprint density at radius 2 is 2.08 bits per heavy atom. The van der Waals surface area contributed by atoms with Crippen LogP contribution in [0.3, 0.4) is 0 Å². The van der Waals surface area contributed by atoms with E-state index in [9.17, 15) is 4.39 Å². The third-order valence-electron chi connectivity index (χ3n) is 4.90. The number of aromatic nitrogens is 4. The smallest absolute Gasteiger partial charge is 0.157 e. The van der Waals surface area contributed by atoms with Gasteiger partial charge < -0.3 is 4.98 Å². The topological polar surface area (TPSA) is 57.7 Å². The number of benzene rings is 1. The van der Waals surface area contributed by atoms with Crippen molar-refractivity contribution < 1.29 is 4.39 Å². The van der Waals surface area contributed by atoms with Crippen molar-refractivity contribution in [3.63, 3.8) is 0 Å². The van der Waals surface area contributed by atoms with Gasteiger partial charge in [0.05, 0.1) is 11.9 Å². The minimum atomic E-state index is -0.117. The van der Waals surface area contributed by atoms with Crippen molar-refractivity contribution in [1.82, 2.24) is 24.8 Å². The Morgan fingerprint density at radius 1 is 1.15 bits per heavy atom. The van der Waals surface area contributed by atoms with Gasteiger partial charge >= 0.3 is 0 Å². The first-order valence-electron chi connectivity index (χ1n) is 9.04. The van der Waals surface area contributed by atoms with Gasteiger partial charge in [-0.25, -0.2) is 14.4 Å². The Labute approximate surface area is 152 Å². The van der Waals surface area contributed by atoms with Crippen molar-refractivity contribution in [2.45, 2.75) is 25.8 Å². The molecule has 1 atom stereocenters. The molecule has 1 unspecified atom stereocenters. The number of nitrogens with zero attached hydrogens (tertiary/aromatic N) is 4. The molecular weight excluding hydrogens is 329 g/mol. The molecule has 0 bridgehead atoms. The van der Waals surface area contributed by atoms with Crippen LogP contribution in [0.15, 0.2) is 49.1 Å². The number of piperidine rings is 1. The highest BCUT2D eigenvalue weighted by Gasteiger charge is 2.21. The second-order valence-corrected chi connectivity index (χ2v) is 6.87. The SMILES string of the molecule is Fc1ccccc1CN1CCCC(Cc2cnc(-c3ncc[nH]3)cn2)C1. The van der Waals surface area contributed by atoms with Gasteiger partial charge in [-0.3, -0.25) is 9.88 Å². The van der Waals surface area contributed by atoms with Crippen molar-refractivity contribution in [1.29, 1.82) is 0 Å². The van der Waals surface area contributed by atoms with E-state index in [1.807, 2.05) is 18.3 Å². The molecule has 4 rings (SSSR count). The third kappa shape index (κ3) is 3.96. The predicted molar refractivity (Wildman–Crippen MR) is 97.7 cm³/mol. The number of imidazole rings is 1. The summed E-state index contributed by atoms with van der Waals surface area (Å²) in [6, 6.07) is 7.05. The van der Waals surface area contributed by atoms with Gasteiger partial charge in [0.2, 0.25) is 0 Å². The van der Waals surface area contributed by atoms with E-state index in [0.29, 0.717) is 12.5 Å². The van der Waals surface area contributed by atoms with Crippen LogP contribution in [0.1, 0.15) is 24.1 Å². The molecule has 0 radical (unpaired) electrons. The van der Waals surface area contributed by atoms with Crippen molar-refractivity contribution in [2.24, 2.45) is 5.92 Å². The summed E-state index contributed by atoms with van der Waals surface area (Å²) >= 11 is 0. The zero-order valence-corrected chi connectivity index (χ0v) is 14.6. The number of rotatable bonds is 5. The first-order valence-corrected chi connectivity index (χ1v) is 9.04. The molecule has 1 N–H and O–H groups in total. The van der Waals surface area contributed by atoms with Gasteiger partial charge in [0.15, 0.2) is 5.82 Å².